The molecule has 0 radical (unpaired) electrons. The third-order valence-electron chi connectivity index (χ3n) is 7.07. The van der Waals surface area contributed by atoms with Crippen LogP contribution in [0.1, 0.15) is 36.8 Å². The van der Waals surface area contributed by atoms with Gasteiger partial charge in [0.1, 0.15) is 5.75 Å². The Labute approximate surface area is 222 Å². The molecule has 1 aliphatic rings. The monoisotopic (exact) mass is 509 g/mol. The molecule has 0 aromatic heterocycles. The van der Waals surface area contributed by atoms with Crippen molar-refractivity contribution >= 4 is 29.1 Å². The minimum Gasteiger partial charge on any atom is -0.497 e. The number of piperidine rings is 1. The van der Waals surface area contributed by atoms with E-state index < -0.39 is 0 Å². The molecule has 0 aliphatic carbocycles. The number of hydrogen-bond donors (Lipinski definition) is 2. The van der Waals surface area contributed by atoms with E-state index in [1.54, 1.807) is 7.11 Å². The number of benzene rings is 3. The number of likely N-dealkylation sites (tertiary alicyclic amines) is 1. The third-order valence-corrected chi connectivity index (χ3v) is 7.07. The fourth-order valence-electron chi connectivity index (χ4n) is 4.89. The van der Waals surface area contributed by atoms with Crippen molar-refractivity contribution in [1.82, 2.24) is 15.5 Å². The van der Waals surface area contributed by atoms with Crippen LogP contribution in [0.5, 0.6) is 5.75 Å². The summed E-state index contributed by atoms with van der Waals surface area (Å²) in [5, 5.41) is 9.55. The molecule has 194 valence electrons. The standard InChI is InChI=1S/C30H39N3O2.ClH/c1-35-28-13-11-24(12-14-28)22-31-17-4-5-18-32-23-25-15-19-33(20-16-25)30(34)21-27-9-6-8-26-7-2-3-10-29(26)27;/h2-3,6-14,25,31-32H,4-5,15-23H2,1H3;1H. The van der Waals surface area contributed by atoms with Crippen molar-refractivity contribution in [1.29, 1.82) is 0 Å². The number of hydrogen-bond acceptors (Lipinski definition) is 4. The Balaban J connectivity index is 0.00000361. The summed E-state index contributed by atoms with van der Waals surface area (Å²) in [4.78, 5) is 15.0. The number of carbonyl (C=O) groups is 1. The summed E-state index contributed by atoms with van der Waals surface area (Å²) in [6, 6.07) is 22.8. The highest BCUT2D eigenvalue weighted by Gasteiger charge is 2.22. The van der Waals surface area contributed by atoms with E-state index >= 15 is 0 Å². The van der Waals surface area contributed by atoms with Gasteiger partial charge >= 0.3 is 0 Å². The topological polar surface area (TPSA) is 53.6 Å². The van der Waals surface area contributed by atoms with E-state index in [-0.39, 0.29) is 18.3 Å². The molecule has 0 saturated carbocycles. The van der Waals surface area contributed by atoms with Crippen LogP contribution in [-0.2, 0) is 17.8 Å². The normalized spacial score (nSPS) is 14.0. The summed E-state index contributed by atoms with van der Waals surface area (Å²) < 4.78 is 5.20. The van der Waals surface area contributed by atoms with E-state index in [0.717, 1.165) is 63.4 Å². The number of unbranched alkanes of at least 4 members (excludes halogenated alkanes) is 1. The largest absolute Gasteiger partial charge is 0.497 e. The number of methoxy groups -OCH3 is 1. The molecular formula is C30H40ClN3O2. The summed E-state index contributed by atoms with van der Waals surface area (Å²) in [6.45, 7) is 5.81. The molecule has 4 rings (SSSR count). The van der Waals surface area contributed by atoms with E-state index in [2.05, 4.69) is 58.0 Å². The van der Waals surface area contributed by atoms with Crippen LogP contribution < -0.4 is 15.4 Å². The van der Waals surface area contributed by atoms with Gasteiger partial charge in [0.2, 0.25) is 5.91 Å². The lowest BCUT2D eigenvalue weighted by atomic mass is 9.95. The lowest BCUT2D eigenvalue weighted by Crippen LogP contribution is -2.41. The van der Waals surface area contributed by atoms with Crippen molar-refractivity contribution in [3.8, 4) is 5.75 Å². The highest BCUT2D eigenvalue weighted by molar-refractivity contribution is 5.90. The Hall–Kier alpha value is -2.60. The van der Waals surface area contributed by atoms with Gasteiger partial charge in [-0.05, 0) is 85.3 Å². The van der Waals surface area contributed by atoms with Crippen molar-refractivity contribution in [3.05, 3.63) is 77.9 Å². The molecule has 1 aliphatic heterocycles. The molecule has 0 atom stereocenters. The van der Waals surface area contributed by atoms with E-state index in [0.29, 0.717) is 12.3 Å². The Morgan fingerprint density at radius 3 is 2.36 bits per heavy atom. The van der Waals surface area contributed by atoms with Crippen molar-refractivity contribution in [2.75, 3.05) is 39.8 Å². The first-order valence-corrected chi connectivity index (χ1v) is 13.0. The van der Waals surface area contributed by atoms with E-state index in [9.17, 15) is 4.79 Å². The third kappa shape index (κ3) is 8.22. The summed E-state index contributed by atoms with van der Waals surface area (Å²) >= 11 is 0. The maximum Gasteiger partial charge on any atom is 0.227 e. The molecule has 3 aromatic carbocycles. The molecule has 6 heteroatoms. The van der Waals surface area contributed by atoms with Gasteiger partial charge in [-0.15, -0.1) is 12.4 Å². The number of nitrogens with zero attached hydrogens (tertiary/aromatic N) is 1. The number of halogens is 1. The van der Waals surface area contributed by atoms with Gasteiger partial charge in [-0.2, -0.15) is 0 Å². The highest BCUT2D eigenvalue weighted by atomic mass is 35.5. The fraction of sp³-hybridized carbons (Fsp3) is 0.433. The summed E-state index contributed by atoms with van der Waals surface area (Å²) in [6.07, 6.45) is 5.04. The molecule has 3 aromatic rings. The molecule has 1 fully saturated rings. The molecule has 5 nitrogen and oxygen atoms in total. The first-order valence-electron chi connectivity index (χ1n) is 13.0. The number of fused-ring (bicyclic) bond motifs is 1. The molecule has 36 heavy (non-hydrogen) atoms. The number of amides is 1. The Morgan fingerprint density at radius 2 is 1.61 bits per heavy atom. The molecule has 1 heterocycles. The summed E-state index contributed by atoms with van der Waals surface area (Å²) in [7, 11) is 1.69. The predicted molar refractivity (Wildman–Crippen MR) is 151 cm³/mol. The summed E-state index contributed by atoms with van der Waals surface area (Å²) in [5.41, 5.74) is 2.42. The molecule has 0 spiro atoms. The average Bonchev–Trinajstić information content (AvgIpc) is 2.91. The molecule has 2 N–H and O–H groups in total. The van der Waals surface area contributed by atoms with E-state index in [1.165, 1.54) is 29.2 Å². The lowest BCUT2D eigenvalue weighted by molar-refractivity contribution is -0.131. The van der Waals surface area contributed by atoms with Crippen molar-refractivity contribution in [3.63, 3.8) is 0 Å². The second-order valence-electron chi connectivity index (χ2n) is 9.58. The Kier molecular flexibility index (Phi) is 11.5. The van der Waals surface area contributed by atoms with E-state index in [4.69, 9.17) is 4.74 Å². The number of ether oxygens (including phenoxy) is 1. The quantitative estimate of drug-likeness (QED) is 0.329. The first kappa shape index (κ1) is 28.0. The van der Waals surface area contributed by atoms with Crippen LogP contribution in [0.2, 0.25) is 0 Å². The van der Waals surface area contributed by atoms with Crippen LogP contribution in [0.25, 0.3) is 10.8 Å². The zero-order chi connectivity index (χ0) is 24.3. The maximum atomic E-state index is 12.9. The van der Waals surface area contributed by atoms with Gasteiger partial charge in [0.25, 0.3) is 0 Å². The van der Waals surface area contributed by atoms with Crippen LogP contribution in [0.4, 0.5) is 0 Å². The molecule has 1 amide bonds. The SMILES string of the molecule is COc1ccc(CNCCCCNCC2CCN(C(=O)Cc3cccc4ccccc34)CC2)cc1.Cl. The minimum absolute atomic E-state index is 0. The first-order chi connectivity index (χ1) is 17.2. The van der Waals surface area contributed by atoms with Crippen LogP contribution in [0, 0.1) is 5.92 Å². The van der Waals surface area contributed by atoms with Crippen LogP contribution in [0.3, 0.4) is 0 Å². The molecule has 1 saturated heterocycles. The zero-order valence-electron chi connectivity index (χ0n) is 21.4. The van der Waals surface area contributed by atoms with Gasteiger partial charge in [-0.25, -0.2) is 0 Å². The van der Waals surface area contributed by atoms with Gasteiger partial charge in [0, 0.05) is 19.6 Å². The molecule has 0 unspecified atom stereocenters. The van der Waals surface area contributed by atoms with Gasteiger partial charge in [-0.3, -0.25) is 4.79 Å². The minimum atomic E-state index is 0. The van der Waals surface area contributed by atoms with E-state index in [1.807, 2.05) is 24.3 Å². The zero-order valence-corrected chi connectivity index (χ0v) is 22.2. The second kappa shape index (κ2) is 14.8. The van der Waals surface area contributed by atoms with Gasteiger partial charge in [0.05, 0.1) is 13.5 Å². The second-order valence-corrected chi connectivity index (χ2v) is 9.58. The van der Waals surface area contributed by atoms with Gasteiger partial charge in [-0.1, -0.05) is 54.6 Å². The fourth-order valence-corrected chi connectivity index (χ4v) is 4.89. The molecule has 0 bridgehead atoms. The number of rotatable bonds is 12. The van der Waals surface area contributed by atoms with Crippen molar-refractivity contribution in [2.24, 2.45) is 5.92 Å². The lowest BCUT2D eigenvalue weighted by Gasteiger charge is -2.32. The highest BCUT2D eigenvalue weighted by Crippen LogP contribution is 2.21. The van der Waals surface area contributed by atoms with Crippen LogP contribution in [0.15, 0.2) is 66.7 Å². The Bertz CT molecular complexity index is 1060. The van der Waals surface area contributed by atoms with Crippen molar-refractivity contribution in [2.45, 2.75) is 38.6 Å². The van der Waals surface area contributed by atoms with Crippen molar-refractivity contribution < 1.29 is 9.53 Å². The van der Waals surface area contributed by atoms with Crippen LogP contribution >= 0.6 is 12.4 Å². The molecular weight excluding hydrogens is 470 g/mol. The number of nitrogens with one attached hydrogen (secondary N) is 2. The smallest absolute Gasteiger partial charge is 0.227 e. The van der Waals surface area contributed by atoms with Gasteiger partial charge < -0.3 is 20.3 Å². The average molecular weight is 510 g/mol. The van der Waals surface area contributed by atoms with Gasteiger partial charge in [0.15, 0.2) is 0 Å². The number of carbonyl (C=O) groups excluding carboxylic acids is 1. The summed E-state index contributed by atoms with van der Waals surface area (Å²) in [5.74, 6) is 1.83. The Morgan fingerprint density at radius 1 is 0.917 bits per heavy atom. The predicted octanol–water partition coefficient (Wildman–Crippen LogP) is 5.21. The van der Waals surface area contributed by atoms with Crippen LogP contribution in [-0.4, -0.2) is 50.6 Å². The maximum absolute atomic E-state index is 12.9.